The third-order valence-electron chi connectivity index (χ3n) is 6.99. The van der Waals surface area contributed by atoms with E-state index in [0.717, 1.165) is 11.6 Å². The van der Waals surface area contributed by atoms with E-state index in [4.69, 9.17) is 23.6 Å². The predicted molar refractivity (Wildman–Crippen MR) is 173 cm³/mol. The maximum absolute atomic E-state index is 13.8. The Morgan fingerprint density at radius 1 is 1.07 bits per heavy atom. The topological polar surface area (TPSA) is 144 Å². The molecule has 0 spiro atoms. The molecule has 12 nitrogen and oxygen atoms in total. The monoisotopic (exact) mass is 617 g/mol. The van der Waals surface area contributed by atoms with Crippen LogP contribution in [0.15, 0.2) is 106 Å². The fraction of sp³-hybridized carbons (Fsp3) is 0.118. The number of benzene rings is 3. The SMILES string of the molecule is C=CCc1cc(C=Nn2c(-c3cc4c(OC)cccc4o3)nc3ccccc3c2=O)cc(OCC)c1Oc1ccc([N+](=O)[O-])cn1. The van der Waals surface area contributed by atoms with Gasteiger partial charge in [-0.05, 0) is 61.4 Å². The maximum atomic E-state index is 13.8. The number of nitro groups is 1. The summed E-state index contributed by atoms with van der Waals surface area (Å²) in [4.78, 5) is 33.1. The Balaban J connectivity index is 1.46. The van der Waals surface area contributed by atoms with Gasteiger partial charge in [0.15, 0.2) is 17.3 Å². The molecule has 0 bridgehead atoms. The molecule has 0 atom stereocenters. The first kappa shape index (κ1) is 29.8. The number of nitrogens with zero attached hydrogens (tertiary/aromatic N) is 5. The van der Waals surface area contributed by atoms with Crippen molar-refractivity contribution in [2.75, 3.05) is 13.7 Å². The molecular weight excluding hydrogens is 590 g/mol. The standard InChI is InChI=1S/C34H27N5O7/c1-4-9-22-16-21(17-29(44-5-2)32(22)46-31-15-14-23(20-35-31)39(41)42)19-36-38-33(37-26-11-7-6-10-24(26)34(38)40)30-18-25-27(43-3)12-8-13-28(25)45-30/h4,6-8,10-20H,1,5,9H2,2-3H3. The average Bonchev–Trinajstić information content (AvgIpc) is 3.51. The first-order valence-electron chi connectivity index (χ1n) is 14.2. The highest BCUT2D eigenvalue weighted by atomic mass is 16.6. The molecule has 0 N–H and O–H groups in total. The molecule has 3 aromatic carbocycles. The summed E-state index contributed by atoms with van der Waals surface area (Å²) in [5.74, 6) is 2.08. The van der Waals surface area contributed by atoms with E-state index < -0.39 is 4.92 Å². The smallest absolute Gasteiger partial charge is 0.287 e. The number of hydrogen-bond donors (Lipinski definition) is 0. The van der Waals surface area contributed by atoms with Gasteiger partial charge < -0.3 is 18.6 Å². The minimum atomic E-state index is -0.535. The lowest BCUT2D eigenvalue weighted by Crippen LogP contribution is -2.20. The molecule has 6 aromatic rings. The minimum Gasteiger partial charge on any atom is -0.496 e. The Morgan fingerprint density at radius 3 is 2.65 bits per heavy atom. The van der Waals surface area contributed by atoms with Crippen LogP contribution in [0.5, 0.6) is 23.1 Å². The Kier molecular flexibility index (Phi) is 8.24. The number of methoxy groups -OCH3 is 1. The van der Waals surface area contributed by atoms with Gasteiger partial charge in [-0.2, -0.15) is 9.78 Å². The van der Waals surface area contributed by atoms with Crippen LogP contribution in [0.4, 0.5) is 5.69 Å². The molecule has 0 fully saturated rings. The quantitative estimate of drug-likeness (QED) is 0.0654. The molecular formula is C34H27N5O7. The first-order chi connectivity index (χ1) is 22.4. The van der Waals surface area contributed by atoms with Gasteiger partial charge in [0.25, 0.3) is 11.2 Å². The number of aromatic nitrogens is 3. The van der Waals surface area contributed by atoms with E-state index in [0.29, 0.717) is 63.6 Å². The zero-order valence-electron chi connectivity index (χ0n) is 24.9. The molecule has 46 heavy (non-hydrogen) atoms. The summed E-state index contributed by atoms with van der Waals surface area (Å²) in [7, 11) is 1.58. The van der Waals surface area contributed by atoms with Crippen LogP contribution in [0.1, 0.15) is 18.1 Å². The Bertz CT molecular complexity index is 2190. The van der Waals surface area contributed by atoms with Gasteiger partial charge in [-0.15, -0.1) is 6.58 Å². The van der Waals surface area contributed by atoms with E-state index in [1.54, 1.807) is 55.7 Å². The fourth-order valence-electron chi connectivity index (χ4n) is 4.93. The van der Waals surface area contributed by atoms with E-state index >= 15 is 0 Å². The second-order valence-electron chi connectivity index (χ2n) is 9.94. The van der Waals surface area contributed by atoms with Crippen molar-refractivity contribution in [1.82, 2.24) is 14.6 Å². The van der Waals surface area contributed by atoms with Gasteiger partial charge in [0.1, 0.15) is 17.5 Å². The number of allylic oxidation sites excluding steroid dienone is 1. The van der Waals surface area contributed by atoms with Crippen molar-refractivity contribution in [2.45, 2.75) is 13.3 Å². The van der Waals surface area contributed by atoms with Crippen molar-refractivity contribution in [3.63, 3.8) is 0 Å². The second kappa shape index (κ2) is 12.7. The molecule has 12 heteroatoms. The number of ether oxygens (including phenoxy) is 3. The first-order valence-corrected chi connectivity index (χ1v) is 14.2. The molecule has 230 valence electrons. The van der Waals surface area contributed by atoms with Gasteiger partial charge in [-0.25, -0.2) is 9.97 Å². The number of furan rings is 1. The molecule has 0 aliphatic heterocycles. The third kappa shape index (κ3) is 5.78. The van der Waals surface area contributed by atoms with E-state index in [-0.39, 0.29) is 23.0 Å². The lowest BCUT2D eigenvalue weighted by Gasteiger charge is -2.16. The lowest BCUT2D eigenvalue weighted by molar-refractivity contribution is -0.385. The zero-order valence-corrected chi connectivity index (χ0v) is 24.9. The molecule has 3 heterocycles. The molecule has 0 aliphatic carbocycles. The van der Waals surface area contributed by atoms with Crippen molar-refractivity contribution in [1.29, 1.82) is 0 Å². The maximum Gasteiger partial charge on any atom is 0.287 e. The molecule has 0 saturated carbocycles. The minimum absolute atomic E-state index is 0.152. The largest absolute Gasteiger partial charge is 0.496 e. The number of fused-ring (bicyclic) bond motifs is 2. The van der Waals surface area contributed by atoms with E-state index in [1.807, 2.05) is 25.1 Å². The zero-order chi connectivity index (χ0) is 32.2. The van der Waals surface area contributed by atoms with Crippen LogP contribution in [0, 0.1) is 10.1 Å². The number of rotatable bonds is 11. The van der Waals surface area contributed by atoms with Crippen LogP contribution < -0.4 is 19.8 Å². The van der Waals surface area contributed by atoms with Crippen molar-refractivity contribution < 1.29 is 23.6 Å². The molecule has 3 aromatic heterocycles. The number of pyridine rings is 1. The van der Waals surface area contributed by atoms with Crippen LogP contribution >= 0.6 is 0 Å². The number of hydrogen-bond acceptors (Lipinski definition) is 10. The summed E-state index contributed by atoms with van der Waals surface area (Å²) in [5, 5.41) is 16.8. The summed E-state index contributed by atoms with van der Waals surface area (Å²) < 4.78 is 24.8. The normalized spacial score (nSPS) is 11.3. The van der Waals surface area contributed by atoms with Crippen LogP contribution in [-0.2, 0) is 6.42 Å². The summed E-state index contributed by atoms with van der Waals surface area (Å²) in [6, 6.07) is 20.5. The van der Waals surface area contributed by atoms with E-state index in [1.165, 1.54) is 23.0 Å². The summed E-state index contributed by atoms with van der Waals surface area (Å²) >= 11 is 0. The average molecular weight is 618 g/mol. The van der Waals surface area contributed by atoms with Gasteiger partial charge >= 0.3 is 0 Å². The molecule has 0 amide bonds. The predicted octanol–water partition coefficient (Wildman–Crippen LogP) is 6.92. The van der Waals surface area contributed by atoms with Gasteiger partial charge in [-0.3, -0.25) is 14.9 Å². The van der Waals surface area contributed by atoms with E-state index in [9.17, 15) is 14.9 Å². The Labute approximate surface area is 262 Å². The van der Waals surface area contributed by atoms with Crippen molar-refractivity contribution >= 4 is 33.8 Å². The Hall–Kier alpha value is -6.30. The molecule has 0 saturated heterocycles. The molecule has 0 aliphatic rings. The van der Waals surface area contributed by atoms with Crippen molar-refractivity contribution in [3.8, 4) is 34.7 Å². The van der Waals surface area contributed by atoms with Crippen LogP contribution in [-0.4, -0.2) is 39.5 Å². The summed E-state index contributed by atoms with van der Waals surface area (Å²) in [5.41, 5.74) is 1.81. The van der Waals surface area contributed by atoms with Crippen LogP contribution in [0.3, 0.4) is 0 Å². The fourth-order valence-corrected chi connectivity index (χ4v) is 4.93. The summed E-state index contributed by atoms with van der Waals surface area (Å²) in [6.07, 6.45) is 4.74. The molecule has 0 radical (unpaired) electrons. The van der Waals surface area contributed by atoms with Gasteiger partial charge in [0.05, 0.1) is 41.1 Å². The second-order valence-corrected chi connectivity index (χ2v) is 9.94. The molecule has 6 rings (SSSR count). The van der Waals surface area contributed by atoms with Gasteiger partial charge in [-0.1, -0.05) is 24.3 Å². The number of para-hydroxylation sites is 1. The van der Waals surface area contributed by atoms with E-state index in [2.05, 4.69) is 16.7 Å². The Morgan fingerprint density at radius 2 is 1.91 bits per heavy atom. The van der Waals surface area contributed by atoms with Crippen molar-refractivity contribution in [3.05, 3.63) is 123 Å². The third-order valence-corrected chi connectivity index (χ3v) is 6.99. The lowest BCUT2D eigenvalue weighted by atomic mass is 10.1. The van der Waals surface area contributed by atoms with Gasteiger partial charge in [0, 0.05) is 17.7 Å². The highest BCUT2D eigenvalue weighted by Crippen LogP contribution is 2.37. The van der Waals surface area contributed by atoms with Gasteiger partial charge in [0.2, 0.25) is 11.7 Å². The van der Waals surface area contributed by atoms with Crippen molar-refractivity contribution in [2.24, 2.45) is 5.10 Å². The van der Waals surface area contributed by atoms with Crippen LogP contribution in [0.25, 0.3) is 33.5 Å². The summed E-state index contributed by atoms with van der Waals surface area (Å²) in [6.45, 7) is 6.01. The highest BCUT2D eigenvalue weighted by molar-refractivity contribution is 5.89. The van der Waals surface area contributed by atoms with Crippen LogP contribution in [0.2, 0.25) is 0 Å². The highest BCUT2D eigenvalue weighted by Gasteiger charge is 2.19. The molecule has 0 unspecified atom stereocenters.